The summed E-state index contributed by atoms with van der Waals surface area (Å²) in [6, 6.07) is 17.8. The Balaban J connectivity index is 1.99. The van der Waals surface area contributed by atoms with Gasteiger partial charge in [0.05, 0.1) is 5.57 Å². The Morgan fingerprint density at radius 3 is 1.95 bits per heavy atom. The highest BCUT2D eigenvalue weighted by atomic mass is 16.3. The van der Waals surface area contributed by atoms with Gasteiger partial charge in [0.15, 0.2) is 5.78 Å². The summed E-state index contributed by atoms with van der Waals surface area (Å²) in [5.74, 6) is -0.355. The molecule has 3 aromatic carbocycles. The van der Waals surface area contributed by atoms with Gasteiger partial charge >= 0.3 is 0 Å². The van der Waals surface area contributed by atoms with Crippen LogP contribution in [0.2, 0.25) is 0 Å². The number of phenolic OH excluding ortho intramolecular Hbond substituents is 1. The van der Waals surface area contributed by atoms with Crippen LogP contribution in [0, 0.1) is 0 Å². The number of rotatable bonds is 1. The minimum atomic E-state index is -0.265. The summed E-state index contributed by atoms with van der Waals surface area (Å²) >= 11 is 0. The average molecular weight is 288 g/mol. The molecule has 0 unspecified atom stereocenters. The van der Waals surface area contributed by atoms with Gasteiger partial charge < -0.3 is 10.2 Å². The zero-order valence-corrected chi connectivity index (χ0v) is 11.6. The van der Waals surface area contributed by atoms with Gasteiger partial charge in [-0.2, -0.15) is 0 Å². The van der Waals surface area contributed by atoms with E-state index in [4.69, 9.17) is 0 Å². The molecule has 0 saturated carbocycles. The van der Waals surface area contributed by atoms with E-state index in [1.165, 1.54) is 0 Å². The lowest BCUT2D eigenvalue weighted by Crippen LogP contribution is -1.98. The summed E-state index contributed by atoms with van der Waals surface area (Å²) in [6.07, 6.45) is 0. The normalized spacial score (nSPS) is 13.7. The van der Waals surface area contributed by atoms with E-state index in [0.29, 0.717) is 16.7 Å². The first kappa shape index (κ1) is 12.7. The Morgan fingerprint density at radius 1 is 0.682 bits per heavy atom. The van der Waals surface area contributed by atoms with Crippen LogP contribution in [0.4, 0.5) is 0 Å². The smallest absolute Gasteiger partial charge is 0.198 e. The van der Waals surface area contributed by atoms with Crippen LogP contribution in [0.1, 0.15) is 21.5 Å². The average Bonchev–Trinajstić information content (AvgIpc) is 2.79. The van der Waals surface area contributed by atoms with E-state index in [9.17, 15) is 15.0 Å². The molecular weight excluding hydrogens is 276 g/mol. The van der Waals surface area contributed by atoms with E-state index in [0.717, 1.165) is 10.8 Å². The van der Waals surface area contributed by atoms with Gasteiger partial charge in [-0.05, 0) is 22.9 Å². The molecule has 0 spiro atoms. The molecule has 1 aliphatic carbocycles. The summed E-state index contributed by atoms with van der Waals surface area (Å²) in [5, 5.41) is 22.5. The number of hydrogen-bond acceptors (Lipinski definition) is 3. The topological polar surface area (TPSA) is 57.5 Å². The molecular formula is C19H12O3. The highest BCUT2D eigenvalue weighted by Gasteiger charge is 2.31. The molecule has 0 atom stereocenters. The molecule has 3 aromatic rings. The first-order valence-corrected chi connectivity index (χ1v) is 6.96. The monoisotopic (exact) mass is 288 g/mol. The standard InChI is InChI=1S/C19H12O3/c20-16-10-12-6-2-1-5-11(12)9-15(16)17-18(21)13-7-3-4-8-14(13)19(17)22/h1-10,20-21H. The van der Waals surface area contributed by atoms with E-state index >= 15 is 0 Å². The van der Waals surface area contributed by atoms with E-state index in [1.807, 2.05) is 24.3 Å². The van der Waals surface area contributed by atoms with Crippen LogP contribution in [-0.2, 0) is 0 Å². The second kappa shape index (κ2) is 4.46. The van der Waals surface area contributed by atoms with Crippen LogP contribution < -0.4 is 0 Å². The molecule has 106 valence electrons. The second-order valence-electron chi connectivity index (χ2n) is 5.31. The SMILES string of the molecule is O=C1C(c2cc3ccccc3cc2O)=C(O)c2ccccc21. The molecule has 0 fully saturated rings. The minimum Gasteiger partial charge on any atom is -0.507 e. The fourth-order valence-electron chi connectivity index (χ4n) is 2.94. The number of aliphatic hydroxyl groups excluding tert-OH is 1. The molecule has 0 aliphatic heterocycles. The van der Waals surface area contributed by atoms with Crippen molar-refractivity contribution in [3.05, 3.63) is 77.4 Å². The van der Waals surface area contributed by atoms with Gasteiger partial charge in [-0.1, -0.05) is 48.5 Å². The molecule has 2 N–H and O–H groups in total. The number of ketones is 1. The first-order valence-electron chi connectivity index (χ1n) is 6.96. The lowest BCUT2D eigenvalue weighted by molar-refractivity contribution is 0.105. The van der Waals surface area contributed by atoms with Crippen LogP contribution in [0.5, 0.6) is 5.75 Å². The van der Waals surface area contributed by atoms with Crippen molar-refractivity contribution in [2.24, 2.45) is 0 Å². The summed E-state index contributed by atoms with van der Waals surface area (Å²) in [5.41, 5.74) is 1.49. The third-order valence-corrected chi connectivity index (χ3v) is 4.02. The maximum absolute atomic E-state index is 12.6. The predicted octanol–water partition coefficient (Wildman–Crippen LogP) is 4.17. The van der Waals surface area contributed by atoms with Crippen molar-refractivity contribution in [2.75, 3.05) is 0 Å². The van der Waals surface area contributed by atoms with Crippen molar-refractivity contribution < 1.29 is 15.0 Å². The Kier molecular flexibility index (Phi) is 2.57. The second-order valence-corrected chi connectivity index (χ2v) is 5.31. The number of Topliss-reactive ketones (excluding diaryl/α,β-unsaturated/α-hetero) is 1. The fraction of sp³-hybridized carbons (Fsp3) is 0. The Bertz CT molecular complexity index is 967. The van der Waals surface area contributed by atoms with Gasteiger partial charge in [-0.25, -0.2) is 0 Å². The molecule has 1 aliphatic rings. The summed E-state index contributed by atoms with van der Waals surface area (Å²) in [6.45, 7) is 0. The van der Waals surface area contributed by atoms with Gasteiger partial charge in [0.1, 0.15) is 11.5 Å². The van der Waals surface area contributed by atoms with Crippen LogP contribution in [0.3, 0.4) is 0 Å². The molecule has 22 heavy (non-hydrogen) atoms. The Morgan fingerprint density at radius 2 is 1.27 bits per heavy atom. The number of aromatic hydroxyl groups is 1. The van der Waals surface area contributed by atoms with Crippen molar-refractivity contribution in [3.63, 3.8) is 0 Å². The summed E-state index contributed by atoms with van der Waals surface area (Å²) in [4.78, 5) is 12.6. The molecule has 3 heteroatoms. The zero-order valence-electron chi connectivity index (χ0n) is 11.6. The van der Waals surface area contributed by atoms with Crippen molar-refractivity contribution in [3.8, 4) is 5.75 Å². The molecule has 3 nitrogen and oxygen atoms in total. The third-order valence-electron chi connectivity index (χ3n) is 4.02. The molecule has 0 radical (unpaired) electrons. The van der Waals surface area contributed by atoms with Crippen LogP contribution in [0.25, 0.3) is 22.1 Å². The Hall–Kier alpha value is -3.07. The van der Waals surface area contributed by atoms with Crippen molar-refractivity contribution in [2.45, 2.75) is 0 Å². The molecule has 0 bridgehead atoms. The zero-order chi connectivity index (χ0) is 15.3. The number of phenols is 1. The maximum atomic E-state index is 12.6. The lowest BCUT2D eigenvalue weighted by Gasteiger charge is -2.08. The number of allylic oxidation sites excluding steroid dienone is 1. The largest absolute Gasteiger partial charge is 0.507 e. The number of fused-ring (bicyclic) bond motifs is 2. The number of aliphatic hydroxyl groups is 1. The van der Waals surface area contributed by atoms with Gasteiger partial charge in [0.2, 0.25) is 0 Å². The van der Waals surface area contributed by atoms with Gasteiger partial charge in [0.25, 0.3) is 0 Å². The van der Waals surface area contributed by atoms with E-state index in [-0.39, 0.29) is 22.9 Å². The molecule has 0 aromatic heterocycles. The van der Waals surface area contributed by atoms with Crippen molar-refractivity contribution >= 4 is 27.9 Å². The number of hydrogen-bond donors (Lipinski definition) is 2. The highest BCUT2D eigenvalue weighted by molar-refractivity contribution is 6.39. The number of carbonyl (C=O) groups is 1. The van der Waals surface area contributed by atoms with E-state index in [2.05, 4.69) is 0 Å². The molecule has 0 heterocycles. The maximum Gasteiger partial charge on any atom is 0.198 e. The molecule has 0 saturated heterocycles. The van der Waals surface area contributed by atoms with Crippen molar-refractivity contribution in [1.29, 1.82) is 0 Å². The van der Waals surface area contributed by atoms with E-state index in [1.54, 1.807) is 36.4 Å². The lowest BCUT2D eigenvalue weighted by atomic mass is 9.97. The van der Waals surface area contributed by atoms with Crippen LogP contribution >= 0.6 is 0 Å². The van der Waals surface area contributed by atoms with Gasteiger partial charge in [-0.15, -0.1) is 0 Å². The molecule has 4 rings (SSSR count). The summed E-state index contributed by atoms with van der Waals surface area (Å²) < 4.78 is 0. The first-order chi connectivity index (χ1) is 10.7. The third kappa shape index (κ3) is 1.66. The Labute approximate surface area is 126 Å². The van der Waals surface area contributed by atoms with Crippen LogP contribution in [-0.4, -0.2) is 16.0 Å². The minimum absolute atomic E-state index is 0.0126. The van der Waals surface area contributed by atoms with E-state index < -0.39 is 0 Å². The fourth-order valence-corrected chi connectivity index (χ4v) is 2.94. The van der Waals surface area contributed by atoms with Crippen LogP contribution in [0.15, 0.2) is 60.7 Å². The van der Waals surface area contributed by atoms with Crippen molar-refractivity contribution in [1.82, 2.24) is 0 Å². The summed E-state index contributed by atoms with van der Waals surface area (Å²) in [7, 11) is 0. The number of benzene rings is 3. The van der Waals surface area contributed by atoms with Gasteiger partial charge in [-0.3, -0.25) is 4.79 Å². The van der Waals surface area contributed by atoms with Gasteiger partial charge in [0, 0.05) is 16.7 Å². The number of carbonyl (C=O) groups excluding carboxylic acids is 1. The quantitative estimate of drug-likeness (QED) is 0.706. The predicted molar refractivity (Wildman–Crippen MR) is 85.8 cm³/mol. The highest BCUT2D eigenvalue weighted by Crippen LogP contribution is 2.40. The molecule has 0 amide bonds.